The highest BCUT2D eigenvalue weighted by Gasteiger charge is 2.12. The van der Waals surface area contributed by atoms with Crippen LogP contribution in [0.5, 0.6) is 17.2 Å². The minimum Gasteiger partial charge on any atom is -0.493 e. The van der Waals surface area contributed by atoms with E-state index in [1.165, 1.54) is 36.6 Å². The lowest BCUT2D eigenvalue weighted by Gasteiger charge is -2.14. The molecular weight excluding hydrogens is 345 g/mol. The fourth-order valence-electron chi connectivity index (χ4n) is 2.04. The molecule has 3 aromatic rings. The number of carbonyl (C=O) groups excluding carboxylic acids is 1. The Hall–Kier alpha value is -3.13. The Morgan fingerprint density at radius 2 is 1.96 bits per heavy atom. The van der Waals surface area contributed by atoms with Crippen molar-refractivity contribution in [3.05, 3.63) is 59.9 Å². The van der Waals surface area contributed by atoms with Crippen LogP contribution in [0, 0.1) is 5.82 Å². The molecule has 25 heavy (non-hydrogen) atoms. The van der Waals surface area contributed by atoms with E-state index in [0.717, 1.165) is 0 Å². The second-order valence-corrected chi connectivity index (χ2v) is 5.70. The molecule has 0 aliphatic carbocycles. The molecule has 1 aromatic heterocycles. The summed E-state index contributed by atoms with van der Waals surface area (Å²) in [7, 11) is 1.42. The van der Waals surface area contributed by atoms with Gasteiger partial charge in [-0.05, 0) is 24.3 Å². The molecule has 0 radical (unpaired) electrons. The maximum atomic E-state index is 13.3. The van der Waals surface area contributed by atoms with Crippen molar-refractivity contribution in [2.24, 2.45) is 0 Å². The lowest BCUT2D eigenvalue weighted by Crippen LogP contribution is -2.19. The zero-order valence-electron chi connectivity index (χ0n) is 13.2. The predicted molar refractivity (Wildman–Crippen MR) is 94.2 cm³/mol. The van der Waals surface area contributed by atoms with E-state index in [9.17, 15) is 9.18 Å². The Morgan fingerprint density at radius 1 is 1.12 bits per heavy atom. The number of para-hydroxylation sites is 2. The molecule has 0 bridgehead atoms. The van der Waals surface area contributed by atoms with Crippen LogP contribution in [0.2, 0.25) is 0 Å². The fraction of sp³-hybridized carbons (Fsp3) is 0.0588. The second kappa shape index (κ2) is 7.63. The third kappa shape index (κ3) is 4.24. The summed E-state index contributed by atoms with van der Waals surface area (Å²) in [6, 6.07) is 10.4. The van der Waals surface area contributed by atoms with Crippen LogP contribution in [0.4, 0.5) is 20.0 Å². The normalized spacial score (nSPS) is 10.2. The van der Waals surface area contributed by atoms with Gasteiger partial charge in [-0.1, -0.05) is 12.1 Å². The Balaban J connectivity index is 1.78. The van der Waals surface area contributed by atoms with Crippen molar-refractivity contribution in [3.8, 4) is 17.2 Å². The number of ether oxygens (including phenoxy) is 2. The first-order valence-electron chi connectivity index (χ1n) is 7.23. The van der Waals surface area contributed by atoms with Gasteiger partial charge < -0.3 is 14.8 Å². The van der Waals surface area contributed by atoms with Gasteiger partial charge in [0.05, 0.1) is 12.8 Å². The monoisotopic (exact) mass is 359 g/mol. The molecule has 0 aliphatic heterocycles. The Bertz CT molecular complexity index is 871. The molecular formula is C17H14FN3O3S. The Morgan fingerprint density at radius 3 is 2.72 bits per heavy atom. The second-order valence-electron chi connectivity index (χ2n) is 4.81. The van der Waals surface area contributed by atoms with Gasteiger partial charge in [-0.3, -0.25) is 5.32 Å². The van der Waals surface area contributed by atoms with E-state index in [2.05, 4.69) is 15.6 Å². The number of halogens is 1. The molecule has 128 valence electrons. The first kappa shape index (κ1) is 16.7. The number of rotatable bonds is 5. The summed E-state index contributed by atoms with van der Waals surface area (Å²) in [5.41, 5.74) is 0.447. The third-order valence-electron chi connectivity index (χ3n) is 3.13. The van der Waals surface area contributed by atoms with Crippen LogP contribution < -0.4 is 20.1 Å². The zero-order chi connectivity index (χ0) is 17.6. The summed E-state index contributed by atoms with van der Waals surface area (Å²) in [5, 5.41) is 7.55. The van der Waals surface area contributed by atoms with Gasteiger partial charge in [-0.15, -0.1) is 11.3 Å². The van der Waals surface area contributed by atoms with Gasteiger partial charge in [0.2, 0.25) is 0 Å². The summed E-state index contributed by atoms with van der Waals surface area (Å²) in [5.74, 6) is 0.542. The number of carbonyl (C=O) groups is 1. The van der Waals surface area contributed by atoms with Gasteiger partial charge in [0.25, 0.3) is 0 Å². The number of urea groups is 1. The Kier molecular flexibility index (Phi) is 5.10. The van der Waals surface area contributed by atoms with Crippen LogP contribution in [0.1, 0.15) is 0 Å². The first-order valence-corrected chi connectivity index (χ1v) is 8.11. The molecule has 2 amide bonds. The topological polar surface area (TPSA) is 72.5 Å². The largest absolute Gasteiger partial charge is 0.493 e. The summed E-state index contributed by atoms with van der Waals surface area (Å²) in [6.45, 7) is 0. The van der Waals surface area contributed by atoms with Crippen molar-refractivity contribution in [2.45, 2.75) is 0 Å². The quantitative estimate of drug-likeness (QED) is 0.691. The van der Waals surface area contributed by atoms with E-state index in [1.54, 1.807) is 35.8 Å². The molecule has 6 nitrogen and oxygen atoms in total. The van der Waals surface area contributed by atoms with Gasteiger partial charge in [0, 0.05) is 17.6 Å². The summed E-state index contributed by atoms with van der Waals surface area (Å²) >= 11 is 1.31. The van der Waals surface area contributed by atoms with Crippen molar-refractivity contribution in [1.82, 2.24) is 4.98 Å². The van der Waals surface area contributed by atoms with Crippen molar-refractivity contribution in [2.75, 3.05) is 17.7 Å². The molecule has 0 unspecified atom stereocenters. The van der Waals surface area contributed by atoms with Crippen LogP contribution >= 0.6 is 11.3 Å². The fourth-order valence-corrected chi connectivity index (χ4v) is 2.56. The smallest absolute Gasteiger partial charge is 0.325 e. The highest BCUT2D eigenvalue weighted by atomic mass is 32.1. The van der Waals surface area contributed by atoms with Crippen LogP contribution in [-0.4, -0.2) is 18.1 Å². The number of hydrogen-bond donors (Lipinski definition) is 2. The molecule has 0 saturated carbocycles. The lowest BCUT2D eigenvalue weighted by atomic mass is 10.2. The number of thiazole rings is 1. The lowest BCUT2D eigenvalue weighted by molar-refractivity contribution is 0.262. The van der Waals surface area contributed by atoms with Crippen LogP contribution in [0.15, 0.2) is 54.0 Å². The van der Waals surface area contributed by atoms with Gasteiger partial charge in [0.15, 0.2) is 22.4 Å². The van der Waals surface area contributed by atoms with E-state index < -0.39 is 11.8 Å². The van der Waals surface area contributed by atoms with Gasteiger partial charge in [0.1, 0.15) is 5.82 Å². The van der Waals surface area contributed by atoms with Crippen LogP contribution in [0.3, 0.4) is 0 Å². The number of amides is 2. The maximum Gasteiger partial charge on any atom is 0.325 e. The van der Waals surface area contributed by atoms with Gasteiger partial charge in [-0.25, -0.2) is 14.2 Å². The van der Waals surface area contributed by atoms with E-state index in [1.807, 2.05) is 0 Å². The van der Waals surface area contributed by atoms with Crippen molar-refractivity contribution >= 4 is 28.2 Å². The van der Waals surface area contributed by atoms with E-state index in [4.69, 9.17) is 9.47 Å². The molecule has 1 heterocycles. The minimum atomic E-state index is -0.447. The number of nitrogens with zero attached hydrogens (tertiary/aromatic N) is 1. The number of nitrogens with one attached hydrogen (secondary N) is 2. The first-order chi connectivity index (χ1) is 12.2. The van der Waals surface area contributed by atoms with Gasteiger partial charge >= 0.3 is 6.03 Å². The molecule has 0 aliphatic rings. The highest BCUT2D eigenvalue weighted by molar-refractivity contribution is 7.13. The molecule has 3 rings (SSSR count). The SMILES string of the molecule is COc1cc(F)ccc1Oc1ccccc1NC(=O)Nc1nccs1. The standard InChI is InChI=1S/C17H14FN3O3S/c1-23-15-10-11(18)6-7-14(15)24-13-5-3-2-4-12(13)20-16(22)21-17-19-8-9-25-17/h2-10H,1H3,(H2,19,20,21,22). The summed E-state index contributed by atoms with van der Waals surface area (Å²) < 4.78 is 24.2. The number of hydrogen-bond acceptors (Lipinski definition) is 5. The molecule has 8 heteroatoms. The number of aromatic nitrogens is 1. The van der Waals surface area contributed by atoms with E-state index in [0.29, 0.717) is 22.3 Å². The van der Waals surface area contributed by atoms with E-state index >= 15 is 0 Å². The molecule has 2 N–H and O–H groups in total. The molecule has 0 fully saturated rings. The Labute approximate surface area is 147 Å². The van der Waals surface area contributed by atoms with Gasteiger partial charge in [-0.2, -0.15) is 0 Å². The molecule has 0 atom stereocenters. The van der Waals surface area contributed by atoms with Crippen molar-refractivity contribution < 1.29 is 18.7 Å². The minimum absolute atomic E-state index is 0.252. The zero-order valence-corrected chi connectivity index (χ0v) is 14.0. The molecule has 2 aromatic carbocycles. The van der Waals surface area contributed by atoms with Crippen molar-refractivity contribution in [3.63, 3.8) is 0 Å². The average Bonchev–Trinajstić information content (AvgIpc) is 3.11. The number of benzene rings is 2. The summed E-state index contributed by atoms with van der Waals surface area (Å²) in [4.78, 5) is 16.0. The average molecular weight is 359 g/mol. The van der Waals surface area contributed by atoms with Crippen LogP contribution in [-0.2, 0) is 0 Å². The maximum absolute atomic E-state index is 13.3. The predicted octanol–water partition coefficient (Wildman–Crippen LogP) is 4.73. The van der Waals surface area contributed by atoms with Crippen molar-refractivity contribution in [1.29, 1.82) is 0 Å². The molecule has 0 saturated heterocycles. The van der Waals surface area contributed by atoms with E-state index in [-0.39, 0.29) is 5.75 Å². The van der Waals surface area contributed by atoms with Crippen LogP contribution in [0.25, 0.3) is 0 Å². The summed E-state index contributed by atoms with van der Waals surface area (Å²) in [6.07, 6.45) is 1.60. The number of anilines is 2. The molecule has 0 spiro atoms. The number of methoxy groups -OCH3 is 1. The third-order valence-corrected chi connectivity index (χ3v) is 3.82. The highest BCUT2D eigenvalue weighted by Crippen LogP contribution is 2.35.